The van der Waals surface area contributed by atoms with Crippen molar-refractivity contribution in [1.82, 2.24) is 9.55 Å². The van der Waals surface area contributed by atoms with E-state index in [0.29, 0.717) is 0 Å². The molecule has 11 nitrogen and oxygen atoms in total. The van der Waals surface area contributed by atoms with Gasteiger partial charge < -0.3 is 24.7 Å². The van der Waals surface area contributed by atoms with Gasteiger partial charge in [0.25, 0.3) is 5.56 Å². The maximum absolute atomic E-state index is 11.6. The molecule has 0 aromatic carbocycles. The average Bonchev–Trinajstić information content (AvgIpc) is 2.64. The number of phosphoric ester groups is 1. The van der Waals surface area contributed by atoms with Crippen molar-refractivity contribution in [3.8, 4) is 0 Å². The fourth-order valence-corrected chi connectivity index (χ4v) is 2.24. The summed E-state index contributed by atoms with van der Waals surface area (Å²) in [6.45, 7) is -0.683. The molecule has 0 spiro atoms. The molecule has 4 atom stereocenters. The fourth-order valence-electron chi connectivity index (χ4n) is 1.89. The summed E-state index contributed by atoms with van der Waals surface area (Å²) in [4.78, 5) is 41.6. The van der Waals surface area contributed by atoms with E-state index >= 15 is 0 Å². The van der Waals surface area contributed by atoms with Crippen LogP contribution < -0.4 is 11.2 Å². The van der Waals surface area contributed by atoms with Gasteiger partial charge >= 0.3 is 13.5 Å². The zero-order valence-corrected chi connectivity index (χ0v) is 11.3. The minimum absolute atomic E-state index is 0.648. The Morgan fingerprint density at radius 3 is 2.57 bits per heavy atom. The fraction of sp³-hybridized carbons (Fsp3) is 0.556. The highest BCUT2D eigenvalue weighted by Crippen LogP contribution is 2.38. The zero-order valence-electron chi connectivity index (χ0n) is 10.4. The summed E-state index contributed by atoms with van der Waals surface area (Å²) >= 11 is 0. The maximum atomic E-state index is 11.6. The van der Waals surface area contributed by atoms with Crippen molar-refractivity contribution in [1.29, 1.82) is 0 Å². The Kier molecular flexibility index (Phi) is 4.44. The Morgan fingerprint density at radius 1 is 1.33 bits per heavy atom. The topological polar surface area (TPSA) is 171 Å². The number of ether oxygens (including phenoxy) is 1. The summed E-state index contributed by atoms with van der Waals surface area (Å²) in [7, 11) is -4.76. The molecule has 0 bridgehead atoms. The van der Waals surface area contributed by atoms with Crippen LogP contribution in [0.4, 0.5) is 0 Å². The molecule has 0 aliphatic carbocycles. The second-order valence-corrected chi connectivity index (χ2v) is 5.59. The van der Waals surface area contributed by atoms with Crippen LogP contribution in [0.1, 0.15) is 6.23 Å². The summed E-state index contributed by atoms with van der Waals surface area (Å²) in [5, 5.41) is 19.6. The minimum atomic E-state index is -4.76. The number of hydrogen-bond donors (Lipinski definition) is 5. The summed E-state index contributed by atoms with van der Waals surface area (Å²) in [5.41, 5.74) is -1.51. The number of nitrogens with zero attached hydrogens (tertiary/aromatic N) is 1. The van der Waals surface area contributed by atoms with Crippen molar-refractivity contribution in [3.63, 3.8) is 0 Å². The molecule has 0 saturated carbocycles. The molecule has 2 rings (SSSR count). The second-order valence-electron chi connectivity index (χ2n) is 4.35. The first-order valence-corrected chi connectivity index (χ1v) is 7.25. The van der Waals surface area contributed by atoms with E-state index in [4.69, 9.17) is 14.5 Å². The molecule has 5 N–H and O–H groups in total. The number of rotatable bonds is 4. The number of nitrogens with one attached hydrogen (secondary N) is 1. The largest absolute Gasteiger partial charge is 0.469 e. The van der Waals surface area contributed by atoms with Crippen LogP contribution in [-0.4, -0.2) is 54.5 Å². The number of H-pyrrole nitrogens is 1. The lowest BCUT2D eigenvalue weighted by Gasteiger charge is -2.16. The molecule has 0 unspecified atom stereocenters. The molecule has 2 heterocycles. The molecular formula is C9H13N2O9P. The van der Waals surface area contributed by atoms with Gasteiger partial charge in [0.15, 0.2) is 6.23 Å². The molecule has 21 heavy (non-hydrogen) atoms. The maximum Gasteiger partial charge on any atom is 0.469 e. The molecule has 1 saturated heterocycles. The Balaban J connectivity index is 2.18. The van der Waals surface area contributed by atoms with Gasteiger partial charge in [0.2, 0.25) is 0 Å². The number of aromatic amines is 1. The van der Waals surface area contributed by atoms with E-state index in [0.717, 1.165) is 16.8 Å². The standard InChI is InChI=1S/C9H13N2O9P/c12-5-1-2-11(9(15)10-5)8-7(14)6(13)4(20-8)3-19-21(16,17)18/h1-2,4,6-8,13-14H,3H2,(H,10,12,15)(H2,16,17,18)/t4-,6-,7-,8-/m1/s1/i8+1. The van der Waals surface area contributed by atoms with Crippen LogP contribution in [0.2, 0.25) is 0 Å². The summed E-state index contributed by atoms with van der Waals surface area (Å²) in [5.74, 6) is 0. The Bertz CT molecular complexity index is 664. The van der Waals surface area contributed by atoms with Gasteiger partial charge in [-0.2, -0.15) is 0 Å². The lowest BCUT2D eigenvalue weighted by Crippen LogP contribution is -2.37. The van der Waals surface area contributed by atoms with Crippen LogP contribution in [0.5, 0.6) is 0 Å². The van der Waals surface area contributed by atoms with Gasteiger partial charge in [0.1, 0.15) is 18.3 Å². The van der Waals surface area contributed by atoms with E-state index in [9.17, 15) is 24.4 Å². The van der Waals surface area contributed by atoms with Crippen molar-refractivity contribution in [2.75, 3.05) is 6.61 Å². The summed E-state index contributed by atoms with van der Waals surface area (Å²) in [6, 6.07) is 1.02. The van der Waals surface area contributed by atoms with Crippen LogP contribution in [0.25, 0.3) is 0 Å². The summed E-state index contributed by atoms with van der Waals surface area (Å²) < 4.78 is 20.8. The van der Waals surface area contributed by atoms with Crippen molar-refractivity contribution in [3.05, 3.63) is 33.1 Å². The molecule has 0 radical (unpaired) electrons. The van der Waals surface area contributed by atoms with Gasteiger partial charge in [0.05, 0.1) is 6.61 Å². The number of phosphoric acid groups is 1. The van der Waals surface area contributed by atoms with Crippen molar-refractivity contribution < 1.29 is 33.8 Å². The number of aliphatic hydroxyl groups is 2. The molecule has 1 fully saturated rings. The second kappa shape index (κ2) is 5.81. The molecule has 1 aromatic rings. The molecular weight excluding hydrogens is 312 g/mol. The third kappa shape index (κ3) is 3.66. The highest BCUT2D eigenvalue weighted by Gasteiger charge is 2.44. The van der Waals surface area contributed by atoms with Crippen LogP contribution in [-0.2, 0) is 13.8 Å². The van der Waals surface area contributed by atoms with E-state index in [1.807, 2.05) is 4.98 Å². The predicted molar refractivity (Wildman–Crippen MR) is 65.2 cm³/mol. The van der Waals surface area contributed by atoms with Crippen molar-refractivity contribution in [2.45, 2.75) is 24.5 Å². The molecule has 118 valence electrons. The highest BCUT2D eigenvalue weighted by atomic mass is 31.2. The van der Waals surface area contributed by atoms with Crippen molar-refractivity contribution in [2.24, 2.45) is 0 Å². The predicted octanol–water partition coefficient (Wildman–Crippen LogP) is -2.73. The van der Waals surface area contributed by atoms with Gasteiger partial charge in [0, 0.05) is 12.3 Å². The van der Waals surface area contributed by atoms with Crippen molar-refractivity contribution >= 4 is 7.82 Å². The van der Waals surface area contributed by atoms with E-state index in [-0.39, 0.29) is 0 Å². The lowest BCUT2D eigenvalue weighted by molar-refractivity contribution is -0.0543. The van der Waals surface area contributed by atoms with Gasteiger partial charge in [-0.3, -0.25) is 18.9 Å². The third-order valence-corrected chi connectivity index (χ3v) is 3.35. The number of aromatic nitrogens is 2. The van der Waals surface area contributed by atoms with Crippen LogP contribution in [0, 0.1) is 0 Å². The van der Waals surface area contributed by atoms with E-state index in [1.54, 1.807) is 0 Å². The Labute approximate surface area is 116 Å². The van der Waals surface area contributed by atoms with Gasteiger partial charge in [-0.1, -0.05) is 0 Å². The number of hydrogen-bond acceptors (Lipinski definition) is 7. The quantitative estimate of drug-likeness (QED) is 0.291. The first-order chi connectivity index (χ1) is 9.69. The van der Waals surface area contributed by atoms with Gasteiger partial charge in [-0.15, -0.1) is 0 Å². The minimum Gasteiger partial charge on any atom is -0.387 e. The number of aliphatic hydroxyl groups excluding tert-OH is 2. The SMILES string of the molecule is O=c1ccn([13C@@H]2O[C@H](COP(=O)(O)O)[C@@H](O)[C@H]2O)c(=O)[nH]1. The highest BCUT2D eigenvalue weighted by molar-refractivity contribution is 7.46. The van der Waals surface area contributed by atoms with Crippen LogP contribution in [0.15, 0.2) is 21.9 Å². The first kappa shape index (κ1) is 16.0. The summed E-state index contributed by atoms with van der Waals surface area (Å²) in [6.07, 6.45) is -4.58. The van der Waals surface area contributed by atoms with Gasteiger partial charge in [-0.05, 0) is 0 Å². The van der Waals surface area contributed by atoms with E-state index < -0.39 is 50.2 Å². The normalized spacial score (nSPS) is 29.7. The molecule has 1 aliphatic heterocycles. The van der Waals surface area contributed by atoms with Crippen LogP contribution >= 0.6 is 7.82 Å². The monoisotopic (exact) mass is 325 g/mol. The van der Waals surface area contributed by atoms with Gasteiger partial charge in [-0.25, -0.2) is 9.36 Å². The Hall–Kier alpha value is -1.33. The molecule has 0 amide bonds. The Morgan fingerprint density at radius 2 is 2.00 bits per heavy atom. The average molecular weight is 325 g/mol. The van der Waals surface area contributed by atoms with Crippen LogP contribution in [0.3, 0.4) is 0 Å². The smallest absolute Gasteiger partial charge is 0.387 e. The molecule has 12 heteroatoms. The van der Waals surface area contributed by atoms with E-state index in [1.165, 1.54) is 0 Å². The molecule has 1 aliphatic rings. The lowest BCUT2D eigenvalue weighted by atomic mass is 10.2. The van der Waals surface area contributed by atoms with E-state index in [2.05, 4.69) is 4.52 Å². The third-order valence-electron chi connectivity index (χ3n) is 2.87. The molecule has 1 aromatic heterocycles. The first-order valence-electron chi connectivity index (χ1n) is 5.72. The zero-order chi connectivity index (χ0) is 15.8.